The van der Waals surface area contributed by atoms with Crippen molar-refractivity contribution in [1.82, 2.24) is 4.72 Å². The SMILES string of the molecule is C[C@@H](C(=O)NS(=O)(=O)c1ccccc1)S(=O)(=O)c1ccc(F)cc1. The molecule has 9 heteroatoms. The monoisotopic (exact) mass is 371 g/mol. The molecular weight excluding hydrogens is 357 g/mol. The first kappa shape index (κ1) is 18.1. The maximum Gasteiger partial charge on any atom is 0.264 e. The molecule has 24 heavy (non-hydrogen) atoms. The van der Waals surface area contributed by atoms with Gasteiger partial charge in [0.1, 0.15) is 11.1 Å². The summed E-state index contributed by atoms with van der Waals surface area (Å²) < 4.78 is 63.4. The van der Waals surface area contributed by atoms with Crippen LogP contribution >= 0.6 is 0 Å². The third kappa shape index (κ3) is 3.80. The van der Waals surface area contributed by atoms with Crippen LogP contribution in [0.2, 0.25) is 0 Å². The van der Waals surface area contributed by atoms with Crippen LogP contribution in [0.25, 0.3) is 0 Å². The maximum absolute atomic E-state index is 12.9. The van der Waals surface area contributed by atoms with Gasteiger partial charge in [-0.1, -0.05) is 18.2 Å². The Hall–Kier alpha value is -2.26. The average Bonchev–Trinajstić information content (AvgIpc) is 2.55. The van der Waals surface area contributed by atoms with Gasteiger partial charge in [-0.2, -0.15) is 0 Å². The number of carbonyl (C=O) groups is 1. The van der Waals surface area contributed by atoms with Gasteiger partial charge in [0.2, 0.25) is 0 Å². The Morgan fingerprint density at radius 3 is 2.00 bits per heavy atom. The number of amides is 1. The predicted octanol–water partition coefficient (Wildman–Crippen LogP) is 1.49. The Balaban J connectivity index is 2.25. The Bertz CT molecular complexity index is 939. The van der Waals surface area contributed by atoms with Gasteiger partial charge in [0.25, 0.3) is 15.9 Å². The van der Waals surface area contributed by atoms with E-state index >= 15 is 0 Å². The van der Waals surface area contributed by atoms with E-state index < -0.39 is 36.8 Å². The van der Waals surface area contributed by atoms with Crippen LogP contribution in [0.4, 0.5) is 4.39 Å². The highest BCUT2D eigenvalue weighted by molar-refractivity contribution is 7.93. The average molecular weight is 371 g/mol. The number of hydrogen-bond donors (Lipinski definition) is 1. The van der Waals surface area contributed by atoms with Gasteiger partial charge >= 0.3 is 0 Å². The Kier molecular flexibility index (Phi) is 5.05. The van der Waals surface area contributed by atoms with Crippen LogP contribution in [0.3, 0.4) is 0 Å². The third-order valence-electron chi connectivity index (χ3n) is 3.27. The number of sulfone groups is 1. The third-order valence-corrected chi connectivity index (χ3v) is 6.70. The van der Waals surface area contributed by atoms with Gasteiger partial charge in [-0.05, 0) is 43.3 Å². The molecule has 0 radical (unpaired) electrons. The molecular formula is C15H14FNO5S2. The molecule has 2 rings (SSSR count). The maximum atomic E-state index is 12.9. The lowest BCUT2D eigenvalue weighted by atomic mass is 10.3. The standard InChI is InChI=1S/C15H14FNO5S2/c1-11(23(19,20)13-9-7-12(16)8-10-13)15(18)17-24(21,22)14-5-3-2-4-6-14/h2-11H,1H3,(H,17,18)/t11-/m0/s1. The molecule has 1 N–H and O–H groups in total. The number of benzene rings is 2. The molecule has 0 saturated heterocycles. The van der Waals surface area contributed by atoms with Gasteiger partial charge in [-0.25, -0.2) is 25.9 Å². The molecule has 2 aromatic rings. The van der Waals surface area contributed by atoms with Crippen LogP contribution in [0.15, 0.2) is 64.4 Å². The van der Waals surface area contributed by atoms with Crippen LogP contribution < -0.4 is 4.72 Å². The Morgan fingerprint density at radius 2 is 1.46 bits per heavy atom. The van der Waals surface area contributed by atoms with Crippen molar-refractivity contribution in [1.29, 1.82) is 0 Å². The number of nitrogens with one attached hydrogen (secondary N) is 1. The zero-order valence-corrected chi connectivity index (χ0v) is 14.1. The lowest BCUT2D eigenvalue weighted by Crippen LogP contribution is -2.41. The lowest BCUT2D eigenvalue weighted by Gasteiger charge is -2.13. The van der Waals surface area contributed by atoms with Crippen molar-refractivity contribution in [3.05, 3.63) is 60.4 Å². The molecule has 6 nitrogen and oxygen atoms in total. The van der Waals surface area contributed by atoms with Crippen molar-refractivity contribution in [3.63, 3.8) is 0 Å². The summed E-state index contributed by atoms with van der Waals surface area (Å²) in [7, 11) is -8.33. The van der Waals surface area contributed by atoms with Crippen molar-refractivity contribution in [2.75, 3.05) is 0 Å². The minimum Gasteiger partial charge on any atom is -0.273 e. The Morgan fingerprint density at radius 1 is 0.917 bits per heavy atom. The molecule has 0 unspecified atom stereocenters. The summed E-state index contributed by atoms with van der Waals surface area (Å²) in [6.45, 7) is 1.06. The first-order valence-electron chi connectivity index (χ1n) is 6.76. The fourth-order valence-electron chi connectivity index (χ4n) is 1.84. The van der Waals surface area contributed by atoms with E-state index in [1.165, 1.54) is 24.3 Å². The van der Waals surface area contributed by atoms with E-state index in [1.54, 1.807) is 10.8 Å². The molecule has 2 aromatic carbocycles. The van der Waals surface area contributed by atoms with E-state index in [4.69, 9.17) is 0 Å². The topological polar surface area (TPSA) is 97.4 Å². The molecule has 0 aliphatic rings. The second kappa shape index (κ2) is 6.70. The highest BCUT2D eigenvalue weighted by atomic mass is 32.2. The van der Waals surface area contributed by atoms with Crippen LogP contribution in [-0.4, -0.2) is 28.0 Å². The first-order valence-corrected chi connectivity index (χ1v) is 9.79. The molecule has 0 bridgehead atoms. The quantitative estimate of drug-likeness (QED) is 0.803. The molecule has 1 amide bonds. The van der Waals surface area contributed by atoms with Crippen LogP contribution in [0, 0.1) is 5.82 Å². The summed E-state index contributed by atoms with van der Waals surface area (Å²) >= 11 is 0. The van der Waals surface area contributed by atoms with E-state index in [-0.39, 0.29) is 9.79 Å². The van der Waals surface area contributed by atoms with Crippen molar-refractivity contribution in [2.24, 2.45) is 0 Å². The van der Waals surface area contributed by atoms with E-state index in [2.05, 4.69) is 0 Å². The van der Waals surface area contributed by atoms with E-state index in [9.17, 15) is 26.0 Å². The molecule has 0 saturated carbocycles. The number of hydrogen-bond acceptors (Lipinski definition) is 5. The van der Waals surface area contributed by atoms with E-state index in [0.29, 0.717) is 0 Å². The number of carbonyl (C=O) groups excluding carboxylic acids is 1. The molecule has 0 spiro atoms. The first-order chi connectivity index (χ1) is 11.1. The smallest absolute Gasteiger partial charge is 0.264 e. The van der Waals surface area contributed by atoms with Crippen molar-refractivity contribution >= 4 is 25.8 Å². The molecule has 1 atom stereocenters. The zero-order chi connectivity index (χ0) is 18.0. The van der Waals surface area contributed by atoms with Gasteiger partial charge < -0.3 is 0 Å². The van der Waals surface area contributed by atoms with Crippen LogP contribution in [0.5, 0.6) is 0 Å². The van der Waals surface area contributed by atoms with Gasteiger partial charge in [-0.3, -0.25) is 4.79 Å². The highest BCUT2D eigenvalue weighted by Crippen LogP contribution is 2.17. The van der Waals surface area contributed by atoms with Crippen LogP contribution in [-0.2, 0) is 24.7 Å². The molecule has 0 fully saturated rings. The lowest BCUT2D eigenvalue weighted by molar-refractivity contribution is -0.118. The summed E-state index contributed by atoms with van der Waals surface area (Å²) in [5, 5.41) is -1.67. The summed E-state index contributed by atoms with van der Waals surface area (Å²) in [5.74, 6) is -1.82. The largest absolute Gasteiger partial charge is 0.273 e. The number of rotatable bonds is 5. The number of sulfonamides is 1. The molecule has 0 aliphatic heterocycles. The van der Waals surface area contributed by atoms with Crippen molar-refractivity contribution in [3.8, 4) is 0 Å². The fraction of sp³-hybridized carbons (Fsp3) is 0.133. The Labute approximate surface area is 139 Å². The normalized spacial score (nSPS) is 13.2. The summed E-state index contributed by atoms with van der Waals surface area (Å²) in [4.78, 5) is 11.6. The van der Waals surface area contributed by atoms with Gasteiger partial charge in [-0.15, -0.1) is 0 Å². The highest BCUT2D eigenvalue weighted by Gasteiger charge is 2.32. The molecule has 0 aromatic heterocycles. The van der Waals surface area contributed by atoms with Crippen molar-refractivity contribution < 1.29 is 26.0 Å². The van der Waals surface area contributed by atoms with E-state index in [0.717, 1.165) is 31.2 Å². The van der Waals surface area contributed by atoms with E-state index in [1.807, 2.05) is 0 Å². The van der Waals surface area contributed by atoms with Gasteiger partial charge in [0.05, 0.1) is 9.79 Å². The number of halogens is 1. The second-order valence-electron chi connectivity index (χ2n) is 4.92. The minimum absolute atomic E-state index is 0.162. The molecule has 0 heterocycles. The minimum atomic E-state index is -4.18. The van der Waals surface area contributed by atoms with Gasteiger partial charge in [0, 0.05) is 0 Å². The van der Waals surface area contributed by atoms with Gasteiger partial charge in [0.15, 0.2) is 9.84 Å². The zero-order valence-electron chi connectivity index (χ0n) is 12.5. The fourth-order valence-corrected chi connectivity index (χ4v) is 4.26. The molecule has 0 aliphatic carbocycles. The van der Waals surface area contributed by atoms with Crippen molar-refractivity contribution in [2.45, 2.75) is 22.0 Å². The summed E-state index contributed by atoms with van der Waals surface area (Å²) in [6, 6.07) is 11.0. The summed E-state index contributed by atoms with van der Waals surface area (Å²) in [5.41, 5.74) is 0. The molecule has 128 valence electrons. The van der Waals surface area contributed by atoms with Crippen LogP contribution in [0.1, 0.15) is 6.92 Å². The summed E-state index contributed by atoms with van der Waals surface area (Å²) in [6.07, 6.45) is 0. The second-order valence-corrected chi connectivity index (χ2v) is 8.87. The predicted molar refractivity (Wildman–Crippen MR) is 84.8 cm³/mol.